The molecule has 0 spiro atoms. The van der Waals surface area contributed by atoms with Gasteiger partial charge >= 0.3 is 5.97 Å². The highest BCUT2D eigenvalue weighted by Crippen LogP contribution is 2.15. The lowest BCUT2D eigenvalue weighted by Crippen LogP contribution is -2.71. The van der Waals surface area contributed by atoms with Crippen molar-refractivity contribution in [1.29, 1.82) is 0 Å². The molecule has 2 rings (SSSR count). The van der Waals surface area contributed by atoms with Crippen LogP contribution in [-0.2, 0) is 11.3 Å². The number of carbonyl (C=O) groups is 1. The van der Waals surface area contributed by atoms with E-state index in [1.807, 2.05) is 24.3 Å². The average Bonchev–Trinajstić information content (AvgIpc) is 2.15. The van der Waals surface area contributed by atoms with Crippen LogP contribution < -0.4 is 10.6 Å². The average molecular weight is 285 g/mol. The van der Waals surface area contributed by atoms with Crippen LogP contribution in [0.2, 0.25) is 0 Å². The lowest BCUT2D eigenvalue weighted by molar-refractivity contribution is -0.147. The molecule has 4 nitrogen and oxygen atoms in total. The van der Waals surface area contributed by atoms with Crippen LogP contribution in [0.25, 0.3) is 0 Å². The highest BCUT2D eigenvalue weighted by Gasteiger charge is 2.43. The summed E-state index contributed by atoms with van der Waals surface area (Å²) < 4.78 is 1.00. The van der Waals surface area contributed by atoms with Gasteiger partial charge in [0.05, 0.1) is 0 Å². The molecule has 5 heteroatoms. The molecule has 1 aliphatic rings. The van der Waals surface area contributed by atoms with Gasteiger partial charge in [-0.2, -0.15) is 0 Å². The standard InChI is InChI=1S/C11H13BrN2O2/c12-9-3-1-2-8(4-9)5-14-11(10(15)16)6-13-7-11/h1-4,13-14H,5-7H2,(H,15,16). The Morgan fingerprint density at radius 3 is 2.81 bits per heavy atom. The number of nitrogens with one attached hydrogen (secondary N) is 2. The molecule has 1 aliphatic heterocycles. The van der Waals surface area contributed by atoms with Gasteiger partial charge in [0.15, 0.2) is 0 Å². The monoisotopic (exact) mass is 284 g/mol. The van der Waals surface area contributed by atoms with Gasteiger partial charge in [0.1, 0.15) is 5.54 Å². The van der Waals surface area contributed by atoms with Gasteiger partial charge in [-0.15, -0.1) is 0 Å². The molecule has 16 heavy (non-hydrogen) atoms. The second-order valence-electron chi connectivity index (χ2n) is 3.97. The van der Waals surface area contributed by atoms with Crippen LogP contribution >= 0.6 is 15.9 Å². The molecule has 0 bridgehead atoms. The Balaban J connectivity index is 1.99. The molecule has 1 aromatic carbocycles. The smallest absolute Gasteiger partial charge is 0.326 e. The quantitative estimate of drug-likeness (QED) is 0.771. The Hall–Kier alpha value is -0.910. The SMILES string of the molecule is O=C(O)C1(NCc2cccc(Br)c2)CNC1. The van der Waals surface area contributed by atoms with Crippen molar-refractivity contribution in [2.45, 2.75) is 12.1 Å². The summed E-state index contributed by atoms with van der Waals surface area (Å²) in [6.45, 7) is 1.53. The maximum atomic E-state index is 11.1. The predicted octanol–water partition coefficient (Wildman–Crippen LogP) is 0.965. The molecular formula is C11H13BrN2O2. The molecule has 0 saturated carbocycles. The van der Waals surface area contributed by atoms with Gasteiger partial charge in [-0.3, -0.25) is 10.1 Å². The first-order chi connectivity index (χ1) is 7.62. The van der Waals surface area contributed by atoms with E-state index in [-0.39, 0.29) is 0 Å². The lowest BCUT2D eigenvalue weighted by atomic mass is 9.92. The summed E-state index contributed by atoms with van der Waals surface area (Å²) in [7, 11) is 0. The summed E-state index contributed by atoms with van der Waals surface area (Å²) >= 11 is 3.39. The van der Waals surface area contributed by atoms with Crippen LogP contribution in [-0.4, -0.2) is 29.7 Å². The van der Waals surface area contributed by atoms with Gasteiger partial charge in [0.25, 0.3) is 0 Å². The fourth-order valence-corrected chi connectivity index (χ4v) is 2.09. The summed E-state index contributed by atoms with van der Waals surface area (Å²) in [5.74, 6) is -0.791. The Kier molecular flexibility index (Phi) is 3.28. The molecule has 1 saturated heterocycles. The first kappa shape index (κ1) is 11.6. The van der Waals surface area contributed by atoms with Crippen molar-refractivity contribution >= 4 is 21.9 Å². The number of rotatable bonds is 4. The molecule has 1 heterocycles. The number of hydrogen-bond donors (Lipinski definition) is 3. The van der Waals surface area contributed by atoms with Crippen molar-refractivity contribution < 1.29 is 9.90 Å². The Morgan fingerprint density at radius 1 is 1.56 bits per heavy atom. The lowest BCUT2D eigenvalue weighted by Gasteiger charge is -2.39. The summed E-state index contributed by atoms with van der Waals surface area (Å²) in [6.07, 6.45) is 0. The summed E-state index contributed by atoms with van der Waals surface area (Å²) in [5, 5.41) is 15.2. The van der Waals surface area contributed by atoms with Gasteiger partial charge in [-0.1, -0.05) is 28.1 Å². The third-order valence-electron chi connectivity index (χ3n) is 2.78. The van der Waals surface area contributed by atoms with Gasteiger partial charge in [0, 0.05) is 24.1 Å². The van der Waals surface area contributed by atoms with Crippen molar-refractivity contribution in [3.8, 4) is 0 Å². The second kappa shape index (κ2) is 4.53. The van der Waals surface area contributed by atoms with Gasteiger partial charge in [0.2, 0.25) is 0 Å². The molecule has 0 amide bonds. The van der Waals surface area contributed by atoms with Crippen LogP contribution in [0, 0.1) is 0 Å². The van der Waals surface area contributed by atoms with Crippen molar-refractivity contribution in [1.82, 2.24) is 10.6 Å². The normalized spacial score (nSPS) is 17.8. The highest BCUT2D eigenvalue weighted by molar-refractivity contribution is 9.10. The second-order valence-corrected chi connectivity index (χ2v) is 4.89. The largest absolute Gasteiger partial charge is 0.480 e. The minimum atomic E-state index is -0.791. The van der Waals surface area contributed by atoms with E-state index in [1.54, 1.807) is 0 Å². The van der Waals surface area contributed by atoms with E-state index in [4.69, 9.17) is 5.11 Å². The Bertz CT molecular complexity index is 405. The van der Waals surface area contributed by atoms with Crippen molar-refractivity contribution in [2.24, 2.45) is 0 Å². The van der Waals surface area contributed by atoms with Crippen molar-refractivity contribution in [3.05, 3.63) is 34.3 Å². The van der Waals surface area contributed by atoms with E-state index >= 15 is 0 Å². The Labute approximate surface area is 102 Å². The first-order valence-corrected chi connectivity index (χ1v) is 5.85. The topological polar surface area (TPSA) is 61.4 Å². The molecule has 0 unspecified atom stereocenters. The molecular weight excluding hydrogens is 272 g/mol. The molecule has 0 atom stereocenters. The molecule has 1 aromatic rings. The molecule has 1 fully saturated rings. The fraction of sp³-hybridized carbons (Fsp3) is 0.364. The molecule has 0 radical (unpaired) electrons. The third-order valence-corrected chi connectivity index (χ3v) is 3.28. The number of benzene rings is 1. The first-order valence-electron chi connectivity index (χ1n) is 5.06. The minimum Gasteiger partial charge on any atom is -0.480 e. The number of halogens is 1. The number of carboxylic acid groups (broad SMARTS) is 1. The zero-order valence-electron chi connectivity index (χ0n) is 8.66. The molecule has 0 aliphatic carbocycles. The zero-order valence-corrected chi connectivity index (χ0v) is 10.3. The fourth-order valence-electron chi connectivity index (χ4n) is 1.65. The summed E-state index contributed by atoms with van der Waals surface area (Å²) in [4.78, 5) is 11.1. The maximum absolute atomic E-state index is 11.1. The van der Waals surface area contributed by atoms with Gasteiger partial charge in [-0.25, -0.2) is 0 Å². The maximum Gasteiger partial charge on any atom is 0.326 e. The van der Waals surface area contributed by atoms with Crippen LogP contribution in [0.5, 0.6) is 0 Å². The van der Waals surface area contributed by atoms with Crippen LogP contribution in [0.4, 0.5) is 0 Å². The van der Waals surface area contributed by atoms with E-state index in [2.05, 4.69) is 26.6 Å². The predicted molar refractivity (Wildman–Crippen MR) is 64.2 cm³/mol. The molecule has 3 N–H and O–H groups in total. The third kappa shape index (κ3) is 2.26. The van der Waals surface area contributed by atoms with E-state index < -0.39 is 11.5 Å². The van der Waals surface area contributed by atoms with Crippen LogP contribution in [0.3, 0.4) is 0 Å². The minimum absolute atomic E-state index is 0.482. The van der Waals surface area contributed by atoms with E-state index in [0.29, 0.717) is 19.6 Å². The highest BCUT2D eigenvalue weighted by atomic mass is 79.9. The number of carboxylic acids is 1. The molecule has 0 aromatic heterocycles. The molecule has 86 valence electrons. The zero-order chi connectivity index (χ0) is 11.6. The van der Waals surface area contributed by atoms with Crippen molar-refractivity contribution in [2.75, 3.05) is 13.1 Å². The van der Waals surface area contributed by atoms with Crippen molar-refractivity contribution in [3.63, 3.8) is 0 Å². The van der Waals surface area contributed by atoms with E-state index in [0.717, 1.165) is 10.0 Å². The van der Waals surface area contributed by atoms with Gasteiger partial charge in [-0.05, 0) is 17.7 Å². The summed E-state index contributed by atoms with van der Waals surface area (Å²) in [6, 6.07) is 7.84. The van der Waals surface area contributed by atoms with E-state index in [9.17, 15) is 4.79 Å². The number of hydrogen-bond acceptors (Lipinski definition) is 3. The summed E-state index contributed by atoms with van der Waals surface area (Å²) in [5.41, 5.74) is 0.282. The number of aliphatic carboxylic acids is 1. The van der Waals surface area contributed by atoms with Crippen LogP contribution in [0.1, 0.15) is 5.56 Å². The Morgan fingerprint density at radius 2 is 2.31 bits per heavy atom. The van der Waals surface area contributed by atoms with Crippen LogP contribution in [0.15, 0.2) is 28.7 Å². The van der Waals surface area contributed by atoms with Gasteiger partial charge < -0.3 is 10.4 Å². The van der Waals surface area contributed by atoms with E-state index in [1.165, 1.54) is 0 Å².